The highest BCUT2D eigenvalue weighted by atomic mass is 79.9. The molecule has 3 heteroatoms. The Morgan fingerprint density at radius 3 is 2.53 bits per heavy atom. The minimum absolute atomic E-state index is 0.191. The van der Waals surface area contributed by atoms with E-state index in [2.05, 4.69) is 28.1 Å². The van der Waals surface area contributed by atoms with Crippen molar-refractivity contribution in [2.75, 3.05) is 7.11 Å². The van der Waals surface area contributed by atoms with Crippen molar-refractivity contribution in [1.82, 2.24) is 0 Å². The fraction of sp³-hybridized carbons (Fsp3) is 0.500. The van der Waals surface area contributed by atoms with Crippen LogP contribution in [0.4, 0.5) is 0 Å². The normalized spacial score (nSPS) is 11.8. The highest BCUT2D eigenvalue weighted by molar-refractivity contribution is 9.10. The number of ether oxygens (including phenoxy) is 1. The van der Waals surface area contributed by atoms with E-state index < -0.39 is 0 Å². The van der Waals surface area contributed by atoms with Crippen LogP contribution < -0.4 is 5.73 Å². The van der Waals surface area contributed by atoms with Gasteiger partial charge in [0.1, 0.15) is 0 Å². The van der Waals surface area contributed by atoms with E-state index in [1.807, 2.05) is 19.9 Å². The first kappa shape index (κ1) is 12.7. The van der Waals surface area contributed by atoms with Gasteiger partial charge in [0.2, 0.25) is 0 Å². The Balaban J connectivity index is 2.96. The van der Waals surface area contributed by atoms with Crippen LogP contribution in [0.2, 0.25) is 0 Å². The van der Waals surface area contributed by atoms with Crippen molar-refractivity contribution in [2.45, 2.75) is 32.4 Å². The number of nitrogens with two attached hydrogens (primary N) is 1. The summed E-state index contributed by atoms with van der Waals surface area (Å²) in [6.45, 7) is 4.70. The molecule has 0 amide bonds. The van der Waals surface area contributed by atoms with Gasteiger partial charge in [-0.2, -0.15) is 0 Å². The second-order valence-electron chi connectivity index (χ2n) is 4.51. The molecule has 0 saturated carbocycles. The molecule has 0 aliphatic carbocycles. The summed E-state index contributed by atoms with van der Waals surface area (Å²) in [4.78, 5) is 0. The molecule has 0 saturated heterocycles. The first-order valence-corrected chi connectivity index (χ1v) is 5.77. The Hall–Kier alpha value is -0.380. The molecule has 0 atom stereocenters. The monoisotopic (exact) mass is 271 g/mol. The third-order valence-electron chi connectivity index (χ3n) is 2.11. The largest absolute Gasteiger partial charge is 0.380 e. The molecular weight excluding hydrogens is 254 g/mol. The summed E-state index contributed by atoms with van der Waals surface area (Å²) < 4.78 is 6.25. The highest BCUT2D eigenvalue weighted by Crippen LogP contribution is 2.21. The summed E-state index contributed by atoms with van der Waals surface area (Å²) in [6, 6.07) is 6.22. The molecule has 0 bridgehead atoms. The number of methoxy groups -OCH3 is 1. The Morgan fingerprint density at radius 2 is 2.00 bits per heavy atom. The van der Waals surface area contributed by atoms with Crippen LogP contribution in [0.1, 0.15) is 25.0 Å². The molecule has 0 aromatic heterocycles. The van der Waals surface area contributed by atoms with Gasteiger partial charge >= 0.3 is 0 Å². The van der Waals surface area contributed by atoms with Crippen LogP contribution >= 0.6 is 15.9 Å². The van der Waals surface area contributed by atoms with Gasteiger partial charge in [0.25, 0.3) is 0 Å². The lowest BCUT2D eigenvalue weighted by Gasteiger charge is -2.20. The average molecular weight is 272 g/mol. The molecular formula is C12H18BrNO. The van der Waals surface area contributed by atoms with Crippen LogP contribution in [0.5, 0.6) is 0 Å². The smallest absolute Gasteiger partial charge is 0.0715 e. The molecule has 0 spiro atoms. The second-order valence-corrected chi connectivity index (χ2v) is 5.43. The SMILES string of the molecule is COCc1ccc(Br)cc1CC(C)(C)N. The zero-order valence-corrected chi connectivity index (χ0v) is 11.1. The molecule has 1 rings (SSSR count). The van der Waals surface area contributed by atoms with Crippen LogP contribution in [-0.2, 0) is 17.8 Å². The Kier molecular flexibility index (Phi) is 4.32. The zero-order valence-electron chi connectivity index (χ0n) is 9.51. The van der Waals surface area contributed by atoms with Gasteiger partial charge in [-0.1, -0.05) is 22.0 Å². The maximum atomic E-state index is 6.03. The van der Waals surface area contributed by atoms with Crippen molar-refractivity contribution in [2.24, 2.45) is 5.73 Å². The van der Waals surface area contributed by atoms with E-state index in [4.69, 9.17) is 10.5 Å². The Bertz CT molecular complexity index is 331. The van der Waals surface area contributed by atoms with Gasteiger partial charge < -0.3 is 10.5 Å². The van der Waals surface area contributed by atoms with E-state index in [1.165, 1.54) is 11.1 Å². The molecule has 0 aliphatic rings. The van der Waals surface area contributed by atoms with E-state index >= 15 is 0 Å². The van der Waals surface area contributed by atoms with Crippen molar-refractivity contribution in [1.29, 1.82) is 0 Å². The van der Waals surface area contributed by atoms with Crippen LogP contribution in [0.3, 0.4) is 0 Å². The molecule has 1 aromatic carbocycles. The number of halogens is 1. The van der Waals surface area contributed by atoms with Crippen LogP contribution in [0.15, 0.2) is 22.7 Å². The first-order valence-electron chi connectivity index (χ1n) is 4.97. The van der Waals surface area contributed by atoms with Gasteiger partial charge in [0.05, 0.1) is 6.61 Å². The minimum atomic E-state index is -0.191. The van der Waals surface area contributed by atoms with Crippen molar-refractivity contribution in [3.63, 3.8) is 0 Å². The second kappa shape index (κ2) is 5.10. The number of hydrogen-bond donors (Lipinski definition) is 1. The standard InChI is InChI=1S/C12H18BrNO/c1-12(2,14)7-10-6-11(13)5-4-9(10)8-15-3/h4-6H,7-8,14H2,1-3H3. The quantitative estimate of drug-likeness (QED) is 0.914. The predicted octanol–water partition coefficient (Wildman–Crippen LogP) is 2.88. The van der Waals surface area contributed by atoms with Gasteiger partial charge in [0, 0.05) is 17.1 Å². The molecule has 0 fully saturated rings. The lowest BCUT2D eigenvalue weighted by atomic mass is 9.93. The van der Waals surface area contributed by atoms with Crippen LogP contribution in [0, 0.1) is 0 Å². The molecule has 0 heterocycles. The summed E-state index contributed by atoms with van der Waals surface area (Å²) in [5, 5.41) is 0. The lowest BCUT2D eigenvalue weighted by Crippen LogP contribution is -2.34. The van der Waals surface area contributed by atoms with Crippen LogP contribution in [-0.4, -0.2) is 12.6 Å². The van der Waals surface area contributed by atoms with Gasteiger partial charge in [-0.05, 0) is 43.5 Å². The summed E-state index contributed by atoms with van der Waals surface area (Å²) in [5.74, 6) is 0. The van der Waals surface area contributed by atoms with Gasteiger partial charge in [-0.3, -0.25) is 0 Å². The lowest BCUT2D eigenvalue weighted by molar-refractivity contribution is 0.184. The highest BCUT2D eigenvalue weighted by Gasteiger charge is 2.14. The number of benzene rings is 1. The van der Waals surface area contributed by atoms with Gasteiger partial charge in [0.15, 0.2) is 0 Å². The maximum Gasteiger partial charge on any atom is 0.0715 e. The summed E-state index contributed by atoms with van der Waals surface area (Å²) in [5.41, 5.74) is 8.29. The fourth-order valence-corrected chi connectivity index (χ4v) is 1.95. The Morgan fingerprint density at radius 1 is 1.33 bits per heavy atom. The van der Waals surface area contributed by atoms with Gasteiger partial charge in [-0.15, -0.1) is 0 Å². The maximum absolute atomic E-state index is 6.03. The van der Waals surface area contributed by atoms with Gasteiger partial charge in [-0.25, -0.2) is 0 Å². The molecule has 0 aliphatic heterocycles. The van der Waals surface area contributed by atoms with E-state index in [0.717, 1.165) is 10.9 Å². The van der Waals surface area contributed by atoms with E-state index in [9.17, 15) is 0 Å². The van der Waals surface area contributed by atoms with Crippen molar-refractivity contribution in [3.8, 4) is 0 Å². The average Bonchev–Trinajstić information content (AvgIpc) is 2.07. The summed E-state index contributed by atoms with van der Waals surface area (Å²) >= 11 is 3.47. The summed E-state index contributed by atoms with van der Waals surface area (Å²) in [7, 11) is 1.71. The van der Waals surface area contributed by atoms with Crippen molar-refractivity contribution >= 4 is 15.9 Å². The molecule has 0 unspecified atom stereocenters. The number of hydrogen-bond acceptors (Lipinski definition) is 2. The van der Waals surface area contributed by atoms with Crippen LogP contribution in [0.25, 0.3) is 0 Å². The van der Waals surface area contributed by atoms with E-state index in [-0.39, 0.29) is 5.54 Å². The minimum Gasteiger partial charge on any atom is -0.380 e. The Labute approximate surface area is 99.9 Å². The third kappa shape index (κ3) is 4.33. The molecule has 2 nitrogen and oxygen atoms in total. The van der Waals surface area contributed by atoms with Crippen molar-refractivity contribution in [3.05, 3.63) is 33.8 Å². The van der Waals surface area contributed by atoms with E-state index in [0.29, 0.717) is 6.61 Å². The molecule has 84 valence electrons. The molecule has 2 N–H and O–H groups in total. The van der Waals surface area contributed by atoms with E-state index in [1.54, 1.807) is 7.11 Å². The molecule has 0 radical (unpaired) electrons. The fourth-order valence-electron chi connectivity index (χ4n) is 1.55. The molecule has 1 aromatic rings. The zero-order chi connectivity index (χ0) is 11.5. The predicted molar refractivity (Wildman–Crippen MR) is 66.8 cm³/mol. The topological polar surface area (TPSA) is 35.2 Å². The summed E-state index contributed by atoms with van der Waals surface area (Å²) in [6.07, 6.45) is 0.852. The first-order chi connectivity index (χ1) is 6.92. The molecule has 15 heavy (non-hydrogen) atoms. The third-order valence-corrected chi connectivity index (χ3v) is 2.61. The number of rotatable bonds is 4. The van der Waals surface area contributed by atoms with Crippen molar-refractivity contribution < 1.29 is 4.74 Å².